The first-order chi connectivity index (χ1) is 10.5. The summed E-state index contributed by atoms with van der Waals surface area (Å²) < 4.78 is 50.2. The predicted molar refractivity (Wildman–Crippen MR) is 80.7 cm³/mol. The van der Waals surface area contributed by atoms with Crippen LogP contribution in [0.25, 0.3) is 0 Å². The summed E-state index contributed by atoms with van der Waals surface area (Å²) in [5.41, 5.74) is 0.0756. The number of carbonyl (C=O) groups excluding carboxylic acids is 3. The van der Waals surface area contributed by atoms with E-state index in [1.807, 2.05) is 22.6 Å². The van der Waals surface area contributed by atoms with Crippen LogP contribution in [0.2, 0.25) is 0 Å². The van der Waals surface area contributed by atoms with Crippen LogP contribution >= 0.6 is 22.6 Å². The third-order valence-electron chi connectivity index (χ3n) is 2.10. The van der Waals surface area contributed by atoms with E-state index in [4.69, 9.17) is 0 Å². The molecule has 0 aromatic rings. The van der Waals surface area contributed by atoms with E-state index in [1.54, 1.807) is 0 Å². The zero-order valence-electron chi connectivity index (χ0n) is 12.1. The number of rotatable bonds is 8. The van der Waals surface area contributed by atoms with Crippen LogP contribution in [0.1, 0.15) is 6.92 Å². The monoisotopic (exact) mass is 450 g/mol. The molecule has 0 aromatic carbocycles. The molecule has 0 saturated carbocycles. The lowest BCUT2D eigenvalue weighted by molar-refractivity contribution is -0.209. The number of esters is 3. The summed E-state index contributed by atoms with van der Waals surface area (Å²) in [6, 6.07) is 0. The van der Waals surface area contributed by atoms with Crippen molar-refractivity contribution in [3.05, 3.63) is 24.3 Å². The van der Waals surface area contributed by atoms with Gasteiger partial charge in [-0.3, -0.25) is 0 Å². The predicted octanol–water partition coefficient (Wildman–Crippen LogP) is 2.11. The lowest BCUT2D eigenvalue weighted by Crippen LogP contribution is -2.36. The van der Waals surface area contributed by atoms with Crippen LogP contribution in [0.15, 0.2) is 24.3 Å². The number of alkyl halides is 4. The maximum absolute atomic E-state index is 12.2. The second-order valence-electron chi connectivity index (χ2n) is 4.24. The Morgan fingerprint density at radius 1 is 1.09 bits per heavy atom. The van der Waals surface area contributed by atoms with Crippen molar-refractivity contribution >= 4 is 40.5 Å². The fourth-order valence-electron chi connectivity index (χ4n) is 0.951. The van der Waals surface area contributed by atoms with Crippen molar-refractivity contribution in [2.75, 3.05) is 17.6 Å². The molecular formula is C13H14F3IO6. The maximum atomic E-state index is 12.2. The normalized spacial score (nSPS) is 12.0. The van der Waals surface area contributed by atoms with Crippen LogP contribution in [-0.2, 0) is 28.6 Å². The Morgan fingerprint density at radius 3 is 1.96 bits per heavy atom. The Kier molecular flexibility index (Phi) is 8.87. The molecule has 0 amide bonds. The van der Waals surface area contributed by atoms with Crippen LogP contribution in [0.3, 0.4) is 0 Å². The molecule has 0 spiro atoms. The highest BCUT2D eigenvalue weighted by atomic mass is 127. The van der Waals surface area contributed by atoms with E-state index in [0.717, 1.165) is 0 Å². The van der Waals surface area contributed by atoms with Gasteiger partial charge in [-0.15, -0.1) is 0 Å². The lowest BCUT2D eigenvalue weighted by atomic mass is 10.3. The SMILES string of the molecule is C=C(C)C(=O)OCC(COC(=O)C(=C)CI)OC(=O)C(F)(F)F. The summed E-state index contributed by atoms with van der Waals surface area (Å²) >= 11 is 1.84. The van der Waals surface area contributed by atoms with Gasteiger partial charge in [0.05, 0.1) is 0 Å². The zero-order chi connectivity index (χ0) is 18.2. The molecule has 0 radical (unpaired) electrons. The molecule has 130 valence electrons. The molecule has 0 N–H and O–H groups in total. The van der Waals surface area contributed by atoms with Gasteiger partial charge in [0.15, 0.2) is 6.10 Å². The van der Waals surface area contributed by atoms with Gasteiger partial charge in [-0.2, -0.15) is 13.2 Å². The van der Waals surface area contributed by atoms with E-state index in [2.05, 4.69) is 27.4 Å². The summed E-state index contributed by atoms with van der Waals surface area (Å²) in [4.78, 5) is 33.4. The highest BCUT2D eigenvalue weighted by Gasteiger charge is 2.42. The van der Waals surface area contributed by atoms with Gasteiger partial charge in [-0.1, -0.05) is 35.7 Å². The van der Waals surface area contributed by atoms with Gasteiger partial charge in [-0.05, 0) is 6.92 Å². The average Bonchev–Trinajstić information content (AvgIpc) is 2.46. The lowest BCUT2D eigenvalue weighted by Gasteiger charge is -2.18. The first kappa shape index (κ1) is 21.4. The minimum absolute atomic E-state index is 0.00109. The molecule has 6 nitrogen and oxygen atoms in total. The number of hydrogen-bond donors (Lipinski definition) is 0. The first-order valence-electron chi connectivity index (χ1n) is 6.00. The van der Waals surface area contributed by atoms with E-state index in [1.165, 1.54) is 6.92 Å². The molecule has 0 rings (SSSR count). The van der Waals surface area contributed by atoms with Crippen molar-refractivity contribution in [3.8, 4) is 0 Å². The van der Waals surface area contributed by atoms with Crippen LogP contribution in [0, 0.1) is 0 Å². The highest BCUT2D eigenvalue weighted by Crippen LogP contribution is 2.18. The summed E-state index contributed by atoms with van der Waals surface area (Å²) in [5.74, 6) is -4.24. The Labute approximate surface area is 143 Å². The summed E-state index contributed by atoms with van der Waals surface area (Å²) in [5, 5.41) is 0. The Balaban J connectivity index is 4.76. The molecule has 0 aliphatic heterocycles. The number of halogens is 4. The Hall–Kier alpha value is -1.59. The first-order valence-corrected chi connectivity index (χ1v) is 7.52. The van der Waals surface area contributed by atoms with Gasteiger partial charge >= 0.3 is 24.1 Å². The van der Waals surface area contributed by atoms with Gasteiger partial charge in [0.2, 0.25) is 0 Å². The second-order valence-corrected chi connectivity index (χ2v) is 5.00. The largest absolute Gasteiger partial charge is 0.490 e. The summed E-state index contributed by atoms with van der Waals surface area (Å²) in [7, 11) is 0. The van der Waals surface area contributed by atoms with Crippen molar-refractivity contribution in [1.82, 2.24) is 0 Å². The van der Waals surface area contributed by atoms with Gasteiger partial charge < -0.3 is 14.2 Å². The Bertz CT molecular complexity index is 500. The van der Waals surface area contributed by atoms with Crippen LogP contribution in [-0.4, -0.2) is 47.8 Å². The highest BCUT2D eigenvalue weighted by molar-refractivity contribution is 14.1. The third-order valence-corrected chi connectivity index (χ3v) is 3.03. The molecular weight excluding hydrogens is 436 g/mol. The molecule has 0 aliphatic rings. The molecule has 23 heavy (non-hydrogen) atoms. The van der Waals surface area contributed by atoms with E-state index in [9.17, 15) is 27.6 Å². The maximum Gasteiger partial charge on any atom is 0.490 e. The molecule has 1 unspecified atom stereocenters. The fourth-order valence-corrected chi connectivity index (χ4v) is 1.26. The van der Waals surface area contributed by atoms with E-state index in [-0.39, 0.29) is 15.6 Å². The second kappa shape index (κ2) is 9.53. The standard InChI is InChI=1S/C13H14F3IO6/c1-7(2)10(18)21-5-9(23-12(20)13(14,15)16)6-22-11(19)8(3)4-17/h9H,1,3-6H2,2H3. The van der Waals surface area contributed by atoms with Crippen LogP contribution < -0.4 is 0 Å². The number of hydrogen-bond acceptors (Lipinski definition) is 6. The fraction of sp³-hybridized carbons (Fsp3) is 0.462. The zero-order valence-corrected chi connectivity index (χ0v) is 14.2. The molecule has 0 aromatic heterocycles. The quantitative estimate of drug-likeness (QED) is 0.185. The van der Waals surface area contributed by atoms with E-state index >= 15 is 0 Å². The molecule has 0 fully saturated rings. The third kappa shape index (κ3) is 8.57. The van der Waals surface area contributed by atoms with Crippen LogP contribution in [0.5, 0.6) is 0 Å². The summed E-state index contributed by atoms with van der Waals surface area (Å²) in [6.07, 6.45) is -6.84. The van der Waals surface area contributed by atoms with Crippen molar-refractivity contribution in [2.24, 2.45) is 0 Å². The minimum Gasteiger partial charge on any atom is -0.458 e. The Morgan fingerprint density at radius 2 is 1.57 bits per heavy atom. The van der Waals surface area contributed by atoms with Crippen molar-refractivity contribution < 1.29 is 41.8 Å². The minimum atomic E-state index is -5.23. The molecule has 1 atom stereocenters. The molecule has 10 heteroatoms. The van der Waals surface area contributed by atoms with Gasteiger partial charge in [0, 0.05) is 15.6 Å². The van der Waals surface area contributed by atoms with Crippen LogP contribution in [0.4, 0.5) is 13.2 Å². The van der Waals surface area contributed by atoms with Crippen molar-refractivity contribution in [3.63, 3.8) is 0 Å². The van der Waals surface area contributed by atoms with Crippen molar-refractivity contribution in [2.45, 2.75) is 19.2 Å². The smallest absolute Gasteiger partial charge is 0.458 e. The molecule has 0 saturated heterocycles. The van der Waals surface area contributed by atoms with E-state index < -0.39 is 43.4 Å². The number of carbonyl (C=O) groups is 3. The molecule has 0 heterocycles. The molecule has 0 aliphatic carbocycles. The van der Waals surface area contributed by atoms with Gasteiger partial charge in [0.25, 0.3) is 0 Å². The van der Waals surface area contributed by atoms with Gasteiger partial charge in [0.1, 0.15) is 13.2 Å². The topological polar surface area (TPSA) is 78.9 Å². The number of ether oxygens (including phenoxy) is 3. The molecule has 0 bridgehead atoms. The van der Waals surface area contributed by atoms with E-state index in [0.29, 0.717) is 0 Å². The van der Waals surface area contributed by atoms with Crippen molar-refractivity contribution in [1.29, 1.82) is 0 Å². The summed E-state index contributed by atoms with van der Waals surface area (Å²) in [6.45, 7) is 6.54. The average molecular weight is 450 g/mol. The van der Waals surface area contributed by atoms with Gasteiger partial charge in [-0.25, -0.2) is 14.4 Å².